The van der Waals surface area contributed by atoms with Crippen LogP contribution in [-0.2, 0) is 4.79 Å². The number of halogens is 1. The van der Waals surface area contributed by atoms with Gasteiger partial charge in [0.25, 0.3) is 0 Å². The molecule has 0 spiro atoms. The van der Waals surface area contributed by atoms with Crippen molar-refractivity contribution < 1.29 is 9.53 Å². The molecule has 1 aliphatic carbocycles. The Morgan fingerprint density at radius 3 is 2.67 bits per heavy atom. The van der Waals surface area contributed by atoms with Crippen LogP contribution in [0.2, 0.25) is 5.02 Å². The van der Waals surface area contributed by atoms with E-state index in [-0.39, 0.29) is 5.91 Å². The molecular formula is C13H13ClN2O2. The van der Waals surface area contributed by atoms with Gasteiger partial charge in [0, 0.05) is 12.7 Å². The van der Waals surface area contributed by atoms with Crippen LogP contribution in [0.4, 0.5) is 5.69 Å². The number of nitrogens with zero attached hydrogens (tertiary/aromatic N) is 2. The summed E-state index contributed by atoms with van der Waals surface area (Å²) in [5, 5.41) is 9.46. The predicted octanol–water partition coefficient (Wildman–Crippen LogP) is 2.62. The number of nitriles is 1. The van der Waals surface area contributed by atoms with Crippen LogP contribution < -0.4 is 9.64 Å². The SMILES string of the molecule is COc1ccc(N(C)C(=O)C2(C#N)CC2)cc1Cl. The Balaban J connectivity index is 2.24. The van der Waals surface area contributed by atoms with E-state index in [1.54, 1.807) is 25.2 Å². The summed E-state index contributed by atoms with van der Waals surface area (Å²) in [6.07, 6.45) is 1.27. The van der Waals surface area contributed by atoms with E-state index in [0.717, 1.165) is 0 Å². The van der Waals surface area contributed by atoms with Gasteiger partial charge in [-0.25, -0.2) is 0 Å². The zero-order valence-electron chi connectivity index (χ0n) is 10.2. The lowest BCUT2D eigenvalue weighted by Crippen LogP contribution is -2.33. The Morgan fingerprint density at radius 1 is 1.56 bits per heavy atom. The normalized spacial score (nSPS) is 15.7. The number of rotatable bonds is 3. The number of carbonyl (C=O) groups excluding carboxylic acids is 1. The van der Waals surface area contributed by atoms with Crippen LogP contribution in [0.25, 0.3) is 0 Å². The number of amides is 1. The van der Waals surface area contributed by atoms with E-state index in [2.05, 4.69) is 6.07 Å². The van der Waals surface area contributed by atoms with Gasteiger partial charge in [0.05, 0.1) is 18.2 Å². The Bertz CT molecular complexity index is 532. The molecule has 1 aromatic carbocycles. The monoisotopic (exact) mass is 264 g/mol. The Kier molecular flexibility index (Phi) is 3.18. The fourth-order valence-corrected chi connectivity index (χ4v) is 2.05. The number of ether oxygens (including phenoxy) is 1. The van der Waals surface area contributed by atoms with E-state index < -0.39 is 5.41 Å². The minimum atomic E-state index is -0.818. The smallest absolute Gasteiger partial charge is 0.247 e. The molecule has 0 aromatic heterocycles. The van der Waals surface area contributed by atoms with Crippen LogP contribution in [0.5, 0.6) is 5.75 Å². The lowest BCUT2D eigenvalue weighted by atomic mass is 10.1. The molecule has 4 nitrogen and oxygen atoms in total. The zero-order chi connectivity index (χ0) is 13.3. The van der Waals surface area contributed by atoms with E-state index in [0.29, 0.717) is 29.3 Å². The summed E-state index contributed by atoms with van der Waals surface area (Å²) in [5.41, 5.74) is -0.159. The molecule has 1 aliphatic rings. The average Bonchev–Trinajstić information content (AvgIpc) is 3.18. The summed E-state index contributed by atoms with van der Waals surface area (Å²) < 4.78 is 5.05. The first-order chi connectivity index (χ1) is 8.54. The zero-order valence-corrected chi connectivity index (χ0v) is 11.0. The Morgan fingerprint density at radius 2 is 2.22 bits per heavy atom. The first-order valence-corrected chi connectivity index (χ1v) is 5.95. The molecule has 1 saturated carbocycles. The quantitative estimate of drug-likeness (QED) is 0.843. The third kappa shape index (κ3) is 2.02. The number of methoxy groups -OCH3 is 1. The summed E-state index contributed by atoms with van der Waals surface area (Å²) >= 11 is 6.01. The van der Waals surface area contributed by atoms with E-state index in [1.165, 1.54) is 12.0 Å². The molecule has 5 heteroatoms. The highest BCUT2D eigenvalue weighted by Crippen LogP contribution is 2.47. The molecule has 0 N–H and O–H groups in total. The van der Waals surface area contributed by atoms with Gasteiger partial charge >= 0.3 is 0 Å². The van der Waals surface area contributed by atoms with Crippen molar-refractivity contribution in [2.45, 2.75) is 12.8 Å². The lowest BCUT2D eigenvalue weighted by molar-refractivity contribution is -0.121. The van der Waals surface area contributed by atoms with Crippen molar-refractivity contribution in [1.82, 2.24) is 0 Å². The fraction of sp³-hybridized carbons (Fsp3) is 0.385. The maximum atomic E-state index is 12.2. The van der Waals surface area contributed by atoms with Crippen LogP contribution in [-0.4, -0.2) is 20.1 Å². The molecular weight excluding hydrogens is 252 g/mol. The molecule has 0 atom stereocenters. The summed E-state index contributed by atoms with van der Waals surface area (Å²) in [5.74, 6) is 0.383. The minimum Gasteiger partial charge on any atom is -0.495 e. The van der Waals surface area contributed by atoms with Crippen molar-refractivity contribution in [2.24, 2.45) is 5.41 Å². The van der Waals surface area contributed by atoms with Gasteiger partial charge in [0.2, 0.25) is 5.91 Å². The van der Waals surface area contributed by atoms with Crippen molar-refractivity contribution in [3.8, 4) is 11.8 Å². The molecule has 1 amide bonds. The second-order valence-corrected chi connectivity index (χ2v) is 4.78. The second-order valence-electron chi connectivity index (χ2n) is 4.38. The van der Waals surface area contributed by atoms with Crippen molar-refractivity contribution in [3.63, 3.8) is 0 Å². The van der Waals surface area contributed by atoms with E-state index in [1.807, 2.05) is 0 Å². The number of hydrogen-bond donors (Lipinski definition) is 0. The van der Waals surface area contributed by atoms with Gasteiger partial charge < -0.3 is 9.64 Å². The summed E-state index contributed by atoms with van der Waals surface area (Å²) in [7, 11) is 3.18. The number of anilines is 1. The van der Waals surface area contributed by atoms with Crippen LogP contribution >= 0.6 is 11.6 Å². The van der Waals surface area contributed by atoms with Crippen molar-refractivity contribution in [2.75, 3.05) is 19.1 Å². The summed E-state index contributed by atoms with van der Waals surface area (Å²) in [6.45, 7) is 0. The maximum Gasteiger partial charge on any atom is 0.247 e. The highest BCUT2D eigenvalue weighted by molar-refractivity contribution is 6.32. The Hall–Kier alpha value is -1.73. The van der Waals surface area contributed by atoms with E-state index in [9.17, 15) is 4.79 Å². The molecule has 1 fully saturated rings. The molecule has 0 heterocycles. The molecule has 94 valence electrons. The average molecular weight is 265 g/mol. The molecule has 0 saturated heterocycles. The number of benzene rings is 1. The van der Waals surface area contributed by atoms with Crippen molar-refractivity contribution >= 4 is 23.2 Å². The number of hydrogen-bond acceptors (Lipinski definition) is 3. The molecule has 0 unspecified atom stereocenters. The molecule has 2 rings (SSSR count). The van der Waals surface area contributed by atoms with Crippen molar-refractivity contribution in [3.05, 3.63) is 23.2 Å². The van der Waals surface area contributed by atoms with Gasteiger partial charge in [0.15, 0.2) is 0 Å². The van der Waals surface area contributed by atoms with Gasteiger partial charge in [-0.05, 0) is 31.0 Å². The van der Waals surface area contributed by atoms with Gasteiger partial charge in [0.1, 0.15) is 11.2 Å². The van der Waals surface area contributed by atoms with E-state index in [4.69, 9.17) is 21.6 Å². The summed E-state index contributed by atoms with van der Waals surface area (Å²) in [6, 6.07) is 7.20. The molecule has 0 aliphatic heterocycles. The third-order valence-corrected chi connectivity index (χ3v) is 3.50. The first-order valence-electron chi connectivity index (χ1n) is 5.57. The molecule has 18 heavy (non-hydrogen) atoms. The van der Waals surface area contributed by atoms with Gasteiger partial charge in [-0.1, -0.05) is 11.6 Å². The van der Waals surface area contributed by atoms with Gasteiger partial charge in [-0.15, -0.1) is 0 Å². The third-order valence-electron chi connectivity index (χ3n) is 3.20. The largest absolute Gasteiger partial charge is 0.495 e. The standard InChI is InChI=1S/C13H13ClN2O2/c1-16(12(17)13(8-15)5-6-13)9-3-4-11(18-2)10(14)7-9/h3-4,7H,5-6H2,1-2H3. The first kappa shape index (κ1) is 12.7. The second kappa shape index (κ2) is 4.51. The predicted molar refractivity (Wildman–Crippen MR) is 68.7 cm³/mol. The minimum absolute atomic E-state index is 0.175. The maximum absolute atomic E-state index is 12.2. The van der Waals surface area contributed by atoms with Gasteiger partial charge in [-0.2, -0.15) is 5.26 Å². The van der Waals surface area contributed by atoms with Crippen LogP contribution in [0.15, 0.2) is 18.2 Å². The highest BCUT2D eigenvalue weighted by Gasteiger charge is 2.52. The van der Waals surface area contributed by atoms with Crippen LogP contribution in [0.1, 0.15) is 12.8 Å². The fourth-order valence-electron chi connectivity index (χ4n) is 1.80. The lowest BCUT2D eigenvalue weighted by Gasteiger charge is -2.20. The molecule has 1 aromatic rings. The van der Waals surface area contributed by atoms with Crippen molar-refractivity contribution in [1.29, 1.82) is 5.26 Å². The molecule has 0 radical (unpaired) electrons. The van der Waals surface area contributed by atoms with Gasteiger partial charge in [-0.3, -0.25) is 4.79 Å². The number of carbonyl (C=O) groups is 1. The van der Waals surface area contributed by atoms with Crippen LogP contribution in [0, 0.1) is 16.7 Å². The molecule has 0 bridgehead atoms. The highest BCUT2D eigenvalue weighted by atomic mass is 35.5. The van der Waals surface area contributed by atoms with E-state index >= 15 is 0 Å². The summed E-state index contributed by atoms with van der Waals surface area (Å²) in [4.78, 5) is 13.6. The Labute approximate surface area is 111 Å². The van der Waals surface area contributed by atoms with Crippen LogP contribution in [0.3, 0.4) is 0 Å². The topological polar surface area (TPSA) is 53.3 Å².